The predicted octanol–water partition coefficient (Wildman–Crippen LogP) is 2.01. The van der Waals surface area contributed by atoms with Crippen LogP contribution in [0.4, 0.5) is 0 Å². The van der Waals surface area contributed by atoms with E-state index in [2.05, 4.69) is 22.5 Å². The second-order valence-electron chi connectivity index (χ2n) is 6.32. The summed E-state index contributed by atoms with van der Waals surface area (Å²) in [5, 5.41) is 12.9. The van der Waals surface area contributed by atoms with E-state index in [-0.39, 0.29) is 5.91 Å². The van der Waals surface area contributed by atoms with E-state index >= 15 is 0 Å². The van der Waals surface area contributed by atoms with Crippen LogP contribution in [0.2, 0.25) is 0 Å². The SMILES string of the molecule is CS[C@@H]1CCC[C@H]1N(C)CC(=O)N[C@](C)(C#N)C1CC1. The smallest absolute Gasteiger partial charge is 0.235 e. The van der Waals surface area contributed by atoms with Crippen molar-refractivity contribution in [1.82, 2.24) is 10.2 Å². The lowest BCUT2D eigenvalue weighted by molar-refractivity contribution is -0.123. The van der Waals surface area contributed by atoms with Gasteiger partial charge in [0, 0.05) is 11.3 Å². The molecule has 0 unspecified atom stereocenters. The molecule has 2 aliphatic rings. The number of thioether (sulfide) groups is 1. The normalized spacial score (nSPS) is 28.9. The van der Waals surface area contributed by atoms with Crippen LogP contribution >= 0.6 is 11.8 Å². The second-order valence-corrected chi connectivity index (χ2v) is 7.40. The van der Waals surface area contributed by atoms with Gasteiger partial charge in [0.05, 0.1) is 12.6 Å². The van der Waals surface area contributed by atoms with Crippen molar-refractivity contribution in [3.63, 3.8) is 0 Å². The first-order chi connectivity index (χ1) is 9.50. The second kappa shape index (κ2) is 6.36. The van der Waals surface area contributed by atoms with Crippen LogP contribution in [0.3, 0.4) is 0 Å². The van der Waals surface area contributed by atoms with Gasteiger partial charge < -0.3 is 5.32 Å². The number of nitrogens with one attached hydrogen (secondary N) is 1. The summed E-state index contributed by atoms with van der Waals surface area (Å²) in [5.74, 6) is 0.322. The summed E-state index contributed by atoms with van der Waals surface area (Å²) in [5.41, 5.74) is -0.674. The Morgan fingerprint density at radius 3 is 2.70 bits per heavy atom. The van der Waals surface area contributed by atoms with Crippen LogP contribution in [-0.4, -0.2) is 47.5 Å². The first-order valence-electron chi connectivity index (χ1n) is 7.45. The van der Waals surface area contributed by atoms with Crippen molar-refractivity contribution in [2.75, 3.05) is 19.8 Å². The lowest BCUT2D eigenvalue weighted by Crippen LogP contribution is -2.51. The minimum atomic E-state index is -0.674. The molecule has 2 fully saturated rings. The summed E-state index contributed by atoms with van der Waals surface area (Å²) in [6.45, 7) is 2.24. The van der Waals surface area contributed by atoms with E-state index in [9.17, 15) is 10.1 Å². The Balaban J connectivity index is 1.86. The van der Waals surface area contributed by atoms with Crippen molar-refractivity contribution in [2.24, 2.45) is 5.92 Å². The molecule has 0 aromatic carbocycles. The van der Waals surface area contributed by atoms with E-state index in [1.54, 1.807) is 0 Å². The van der Waals surface area contributed by atoms with Gasteiger partial charge in [0.2, 0.25) is 5.91 Å². The summed E-state index contributed by atoms with van der Waals surface area (Å²) in [6.07, 6.45) is 7.93. The predicted molar refractivity (Wildman–Crippen MR) is 82.5 cm³/mol. The van der Waals surface area contributed by atoms with E-state index < -0.39 is 5.54 Å². The van der Waals surface area contributed by atoms with Crippen molar-refractivity contribution >= 4 is 17.7 Å². The molecule has 2 aliphatic carbocycles. The molecular weight excluding hydrogens is 270 g/mol. The van der Waals surface area contributed by atoms with Gasteiger partial charge in [-0.1, -0.05) is 6.42 Å². The minimum Gasteiger partial charge on any atom is -0.337 e. The number of carbonyl (C=O) groups is 1. The van der Waals surface area contributed by atoms with Crippen LogP contribution in [-0.2, 0) is 4.79 Å². The molecule has 5 heteroatoms. The van der Waals surface area contributed by atoms with Gasteiger partial charge in [-0.05, 0) is 51.8 Å². The average Bonchev–Trinajstić information content (AvgIpc) is 3.16. The first-order valence-corrected chi connectivity index (χ1v) is 8.74. The molecule has 4 nitrogen and oxygen atoms in total. The summed E-state index contributed by atoms with van der Waals surface area (Å²) < 4.78 is 0. The monoisotopic (exact) mass is 295 g/mol. The lowest BCUT2D eigenvalue weighted by atomic mass is 9.98. The van der Waals surface area contributed by atoms with Crippen molar-refractivity contribution in [3.8, 4) is 6.07 Å². The topological polar surface area (TPSA) is 56.1 Å². The highest BCUT2D eigenvalue weighted by atomic mass is 32.2. The first kappa shape index (κ1) is 15.7. The minimum absolute atomic E-state index is 0.0183. The van der Waals surface area contributed by atoms with Crippen molar-refractivity contribution in [2.45, 2.75) is 55.9 Å². The van der Waals surface area contributed by atoms with E-state index in [1.165, 1.54) is 19.3 Å². The summed E-state index contributed by atoms with van der Waals surface area (Å²) in [4.78, 5) is 14.4. The number of hydrogen-bond donors (Lipinski definition) is 1. The maximum Gasteiger partial charge on any atom is 0.235 e. The fraction of sp³-hybridized carbons (Fsp3) is 0.867. The van der Waals surface area contributed by atoms with Crippen LogP contribution in [0, 0.1) is 17.2 Å². The van der Waals surface area contributed by atoms with Crippen LogP contribution in [0.5, 0.6) is 0 Å². The molecule has 2 rings (SSSR count). The zero-order valence-corrected chi connectivity index (χ0v) is 13.5. The molecule has 1 N–H and O–H groups in total. The van der Waals surface area contributed by atoms with Crippen molar-refractivity contribution in [1.29, 1.82) is 5.26 Å². The molecule has 0 radical (unpaired) electrons. The lowest BCUT2D eigenvalue weighted by Gasteiger charge is -2.30. The van der Waals surface area contributed by atoms with Gasteiger partial charge in [-0.25, -0.2) is 0 Å². The third kappa shape index (κ3) is 3.48. The third-order valence-corrected chi connectivity index (χ3v) is 5.86. The molecule has 0 bridgehead atoms. The fourth-order valence-electron chi connectivity index (χ4n) is 3.24. The molecule has 0 aromatic heterocycles. The Hall–Kier alpha value is -0.730. The van der Waals surface area contributed by atoms with Crippen LogP contribution in [0.25, 0.3) is 0 Å². The molecule has 20 heavy (non-hydrogen) atoms. The summed E-state index contributed by atoms with van der Waals surface area (Å²) >= 11 is 1.90. The fourth-order valence-corrected chi connectivity index (χ4v) is 4.30. The Morgan fingerprint density at radius 1 is 1.45 bits per heavy atom. The van der Waals surface area contributed by atoms with Gasteiger partial charge in [0.25, 0.3) is 0 Å². The summed E-state index contributed by atoms with van der Waals surface area (Å²) in [6, 6.07) is 2.77. The van der Waals surface area contributed by atoms with Gasteiger partial charge in [0.1, 0.15) is 5.54 Å². The van der Waals surface area contributed by atoms with Crippen LogP contribution in [0.15, 0.2) is 0 Å². The van der Waals surface area contributed by atoms with Gasteiger partial charge >= 0.3 is 0 Å². The number of likely N-dealkylation sites (N-methyl/N-ethyl adjacent to an activating group) is 1. The van der Waals surface area contributed by atoms with Crippen LogP contribution < -0.4 is 5.32 Å². The van der Waals surface area contributed by atoms with E-state index in [4.69, 9.17) is 0 Å². The molecule has 0 heterocycles. The van der Waals surface area contributed by atoms with Gasteiger partial charge in [-0.2, -0.15) is 17.0 Å². The number of amides is 1. The van der Waals surface area contributed by atoms with Gasteiger partial charge in [-0.15, -0.1) is 0 Å². The van der Waals surface area contributed by atoms with E-state index in [0.717, 1.165) is 12.8 Å². The molecule has 0 aromatic rings. The zero-order valence-electron chi connectivity index (χ0n) is 12.7. The number of nitriles is 1. The van der Waals surface area contributed by atoms with E-state index in [1.807, 2.05) is 25.7 Å². The quantitative estimate of drug-likeness (QED) is 0.814. The molecular formula is C15H25N3OS. The maximum absolute atomic E-state index is 12.2. The van der Waals surface area contributed by atoms with Crippen molar-refractivity contribution in [3.05, 3.63) is 0 Å². The van der Waals surface area contributed by atoms with E-state index in [0.29, 0.717) is 23.8 Å². The molecule has 0 aliphatic heterocycles. The zero-order chi connectivity index (χ0) is 14.8. The standard InChI is InChI=1S/C15H25N3OS/c1-15(10-16,11-7-8-11)17-14(19)9-18(2)12-5-4-6-13(12)20-3/h11-13H,4-9H2,1-3H3,(H,17,19)/t12-,13-,15-/m1/s1. The van der Waals surface area contributed by atoms with Crippen LogP contribution in [0.1, 0.15) is 39.0 Å². The Morgan fingerprint density at radius 2 is 2.15 bits per heavy atom. The molecule has 3 atom stereocenters. The number of carbonyl (C=O) groups excluding carboxylic acids is 1. The van der Waals surface area contributed by atoms with Gasteiger partial charge in [-0.3, -0.25) is 9.69 Å². The molecule has 112 valence electrons. The highest BCUT2D eigenvalue weighted by Crippen LogP contribution is 2.39. The molecule has 0 spiro atoms. The Labute approximate surface area is 126 Å². The highest BCUT2D eigenvalue weighted by Gasteiger charge is 2.43. The molecule has 2 saturated carbocycles. The Bertz CT molecular complexity index is 404. The maximum atomic E-state index is 12.2. The number of nitrogens with zero attached hydrogens (tertiary/aromatic N) is 2. The van der Waals surface area contributed by atoms with Gasteiger partial charge in [0.15, 0.2) is 0 Å². The van der Waals surface area contributed by atoms with Crippen molar-refractivity contribution < 1.29 is 4.79 Å². The Kier molecular flexibility index (Phi) is 4.98. The molecule has 1 amide bonds. The molecule has 0 saturated heterocycles. The largest absolute Gasteiger partial charge is 0.337 e. The number of rotatable bonds is 6. The average molecular weight is 295 g/mol. The number of hydrogen-bond acceptors (Lipinski definition) is 4. The summed E-state index contributed by atoms with van der Waals surface area (Å²) in [7, 11) is 2.03. The highest BCUT2D eigenvalue weighted by molar-refractivity contribution is 7.99. The third-order valence-electron chi connectivity index (χ3n) is 4.70.